The van der Waals surface area contributed by atoms with Gasteiger partial charge < -0.3 is 9.88 Å². The first kappa shape index (κ1) is 15.4. The summed E-state index contributed by atoms with van der Waals surface area (Å²) in [5.41, 5.74) is 3.61. The molecule has 0 saturated carbocycles. The molecule has 0 unspecified atom stereocenters. The van der Waals surface area contributed by atoms with Crippen LogP contribution in [0.3, 0.4) is 0 Å². The first-order valence-electron chi connectivity index (χ1n) is 7.98. The van der Waals surface area contributed by atoms with Crippen LogP contribution in [0.1, 0.15) is 23.1 Å². The lowest BCUT2D eigenvalue weighted by molar-refractivity contribution is -0.120. The van der Waals surface area contributed by atoms with Crippen molar-refractivity contribution in [2.24, 2.45) is 7.05 Å². The number of hydrogen-bond acceptors (Lipinski definition) is 5. The number of carbonyl (C=O) groups excluding carboxylic acids is 2. The summed E-state index contributed by atoms with van der Waals surface area (Å²) in [6, 6.07) is 5.67. The Hall–Kier alpha value is -3.18. The van der Waals surface area contributed by atoms with Gasteiger partial charge in [-0.15, -0.1) is 0 Å². The Morgan fingerprint density at radius 3 is 2.88 bits per heavy atom. The van der Waals surface area contributed by atoms with Crippen molar-refractivity contribution in [3.63, 3.8) is 0 Å². The minimum absolute atomic E-state index is 0.259. The van der Waals surface area contributed by atoms with Gasteiger partial charge in [-0.25, -0.2) is 9.78 Å². The van der Waals surface area contributed by atoms with E-state index in [0.29, 0.717) is 30.3 Å². The molecule has 1 fully saturated rings. The lowest BCUT2D eigenvalue weighted by atomic mass is 10.00. The van der Waals surface area contributed by atoms with E-state index in [1.54, 1.807) is 10.8 Å². The number of nitrogens with zero attached hydrogens (tertiary/aromatic N) is 4. The highest BCUT2D eigenvalue weighted by Crippen LogP contribution is 2.30. The Morgan fingerprint density at radius 2 is 2.12 bits per heavy atom. The predicted octanol–water partition coefficient (Wildman–Crippen LogP) is 1.01. The van der Waals surface area contributed by atoms with Crippen molar-refractivity contribution >= 4 is 17.8 Å². The van der Waals surface area contributed by atoms with Gasteiger partial charge in [0.2, 0.25) is 5.91 Å². The van der Waals surface area contributed by atoms with Crippen LogP contribution in [0.4, 0.5) is 10.6 Å². The van der Waals surface area contributed by atoms with Crippen LogP contribution in [0, 0.1) is 11.3 Å². The molecule has 1 aromatic carbocycles. The Labute approximate surface area is 144 Å². The summed E-state index contributed by atoms with van der Waals surface area (Å²) in [4.78, 5) is 29.3. The number of anilines is 1. The molecule has 0 atom stereocenters. The average molecular weight is 336 g/mol. The van der Waals surface area contributed by atoms with Gasteiger partial charge in [0.1, 0.15) is 11.6 Å². The molecule has 1 aromatic heterocycles. The smallest absolute Gasteiger partial charge is 0.314 e. The van der Waals surface area contributed by atoms with E-state index in [1.807, 2.05) is 19.2 Å². The number of nitriles is 1. The van der Waals surface area contributed by atoms with Gasteiger partial charge in [0.05, 0.1) is 17.8 Å². The number of rotatable bonds is 2. The van der Waals surface area contributed by atoms with Crippen LogP contribution in [0.25, 0.3) is 11.4 Å². The number of benzene rings is 1. The maximum Gasteiger partial charge on any atom is 0.329 e. The molecular formula is C17H16N6O2. The first-order valence-corrected chi connectivity index (χ1v) is 7.98. The number of carbonyl (C=O) groups is 2. The zero-order chi connectivity index (χ0) is 17.6. The third-order valence-electron chi connectivity index (χ3n) is 4.63. The second-order valence-corrected chi connectivity index (χ2v) is 6.13. The van der Waals surface area contributed by atoms with Crippen LogP contribution in [0.15, 0.2) is 18.3 Å². The molecule has 0 aliphatic carbocycles. The SMILES string of the molecule is Cn1c(N2CCC(=O)NC2=O)cnc1-c1cc(C#N)c2c(c1)CNC2. The van der Waals surface area contributed by atoms with Gasteiger partial charge in [-0.3, -0.25) is 15.0 Å². The summed E-state index contributed by atoms with van der Waals surface area (Å²) in [6.45, 7) is 1.75. The van der Waals surface area contributed by atoms with Gasteiger partial charge in [-0.05, 0) is 23.3 Å². The summed E-state index contributed by atoms with van der Waals surface area (Å²) in [7, 11) is 1.82. The quantitative estimate of drug-likeness (QED) is 0.852. The van der Waals surface area contributed by atoms with Crippen molar-refractivity contribution in [1.29, 1.82) is 5.26 Å². The van der Waals surface area contributed by atoms with Crippen LogP contribution in [-0.2, 0) is 24.9 Å². The highest BCUT2D eigenvalue weighted by atomic mass is 16.2. The third-order valence-corrected chi connectivity index (χ3v) is 4.63. The molecule has 3 heterocycles. The molecule has 8 nitrogen and oxygen atoms in total. The molecule has 2 aliphatic rings. The fraction of sp³-hybridized carbons (Fsp3) is 0.294. The number of fused-ring (bicyclic) bond motifs is 1. The van der Waals surface area contributed by atoms with Crippen molar-refractivity contribution in [2.75, 3.05) is 11.4 Å². The molecular weight excluding hydrogens is 320 g/mol. The first-order chi connectivity index (χ1) is 12.1. The molecule has 4 rings (SSSR count). The van der Waals surface area contributed by atoms with Crippen LogP contribution in [0.5, 0.6) is 0 Å². The highest BCUT2D eigenvalue weighted by molar-refractivity contribution is 6.05. The van der Waals surface area contributed by atoms with Crippen molar-refractivity contribution < 1.29 is 9.59 Å². The molecule has 25 heavy (non-hydrogen) atoms. The fourth-order valence-corrected chi connectivity index (χ4v) is 3.35. The van der Waals surface area contributed by atoms with Crippen LogP contribution in [0.2, 0.25) is 0 Å². The van der Waals surface area contributed by atoms with Gasteiger partial charge in [-0.2, -0.15) is 5.26 Å². The van der Waals surface area contributed by atoms with E-state index < -0.39 is 6.03 Å². The molecule has 1 saturated heterocycles. The zero-order valence-corrected chi connectivity index (χ0v) is 13.7. The molecule has 0 radical (unpaired) electrons. The van der Waals surface area contributed by atoms with E-state index in [9.17, 15) is 14.9 Å². The monoisotopic (exact) mass is 336 g/mol. The standard InChI is InChI=1S/C17H16N6O2/c1-22-15(23-3-2-14(24)21-17(23)25)9-20-16(22)10-4-11(6-18)13-8-19-7-12(13)5-10/h4-5,9,19H,2-3,7-8H2,1H3,(H,21,24,25). The Balaban J connectivity index is 1.74. The van der Waals surface area contributed by atoms with Gasteiger partial charge in [-0.1, -0.05) is 0 Å². The third kappa shape index (κ3) is 2.45. The number of nitrogens with one attached hydrogen (secondary N) is 2. The van der Waals surface area contributed by atoms with Crippen LogP contribution >= 0.6 is 0 Å². The largest absolute Gasteiger partial charge is 0.329 e. The average Bonchev–Trinajstić information content (AvgIpc) is 3.20. The topological polar surface area (TPSA) is 103 Å². The molecule has 2 aliphatic heterocycles. The van der Waals surface area contributed by atoms with Gasteiger partial charge in [0.15, 0.2) is 0 Å². The van der Waals surface area contributed by atoms with E-state index in [2.05, 4.69) is 21.7 Å². The highest BCUT2D eigenvalue weighted by Gasteiger charge is 2.27. The number of amides is 3. The fourth-order valence-electron chi connectivity index (χ4n) is 3.35. The number of imide groups is 1. The van der Waals surface area contributed by atoms with E-state index in [0.717, 1.165) is 23.2 Å². The maximum absolute atomic E-state index is 12.1. The number of aromatic nitrogens is 2. The van der Waals surface area contributed by atoms with Gasteiger partial charge >= 0.3 is 6.03 Å². The lowest BCUT2D eigenvalue weighted by Crippen LogP contribution is -2.50. The molecule has 2 aromatic rings. The van der Waals surface area contributed by atoms with E-state index in [4.69, 9.17) is 0 Å². The van der Waals surface area contributed by atoms with Crippen molar-refractivity contribution in [3.05, 3.63) is 35.0 Å². The summed E-state index contributed by atoms with van der Waals surface area (Å²) < 4.78 is 1.81. The number of urea groups is 1. The molecule has 0 bridgehead atoms. The molecule has 3 amide bonds. The minimum Gasteiger partial charge on any atom is -0.314 e. The van der Waals surface area contributed by atoms with E-state index in [1.165, 1.54) is 4.90 Å². The number of hydrogen-bond donors (Lipinski definition) is 2. The summed E-state index contributed by atoms with van der Waals surface area (Å²) in [5, 5.41) is 15.0. The molecule has 126 valence electrons. The van der Waals surface area contributed by atoms with Crippen LogP contribution < -0.4 is 15.5 Å². The normalized spacial score (nSPS) is 16.6. The van der Waals surface area contributed by atoms with Crippen LogP contribution in [-0.4, -0.2) is 28.0 Å². The van der Waals surface area contributed by atoms with Crippen molar-refractivity contribution in [1.82, 2.24) is 20.2 Å². The summed E-state index contributed by atoms with van der Waals surface area (Å²) in [6.07, 6.45) is 1.87. The second-order valence-electron chi connectivity index (χ2n) is 6.13. The Morgan fingerprint density at radius 1 is 1.28 bits per heavy atom. The molecule has 0 spiro atoms. The number of imidazole rings is 1. The maximum atomic E-state index is 12.1. The minimum atomic E-state index is -0.443. The Bertz CT molecular complexity index is 939. The lowest BCUT2D eigenvalue weighted by Gasteiger charge is -2.26. The Kier molecular flexibility index (Phi) is 3.51. The van der Waals surface area contributed by atoms with Gasteiger partial charge in [0.25, 0.3) is 0 Å². The predicted molar refractivity (Wildman–Crippen MR) is 89.4 cm³/mol. The van der Waals surface area contributed by atoms with Gasteiger partial charge in [0, 0.05) is 38.7 Å². The summed E-state index contributed by atoms with van der Waals surface area (Å²) >= 11 is 0. The van der Waals surface area contributed by atoms with E-state index in [-0.39, 0.29) is 12.3 Å². The molecule has 8 heteroatoms. The zero-order valence-electron chi connectivity index (χ0n) is 13.7. The van der Waals surface area contributed by atoms with Crippen molar-refractivity contribution in [2.45, 2.75) is 19.5 Å². The van der Waals surface area contributed by atoms with Crippen molar-refractivity contribution in [3.8, 4) is 17.5 Å². The molecule has 2 N–H and O–H groups in total. The summed E-state index contributed by atoms with van der Waals surface area (Å²) in [5.74, 6) is 1.01. The second kappa shape index (κ2) is 5.72. The van der Waals surface area contributed by atoms with E-state index >= 15 is 0 Å².